The average Bonchev–Trinajstić information content (AvgIpc) is 3.27. The third kappa shape index (κ3) is 4.78. The van der Waals surface area contributed by atoms with Gasteiger partial charge in [-0.2, -0.15) is 0 Å². The summed E-state index contributed by atoms with van der Waals surface area (Å²) in [4.78, 5) is 26.4. The van der Waals surface area contributed by atoms with Crippen LogP contribution in [0, 0.1) is 0 Å². The van der Waals surface area contributed by atoms with E-state index in [1.54, 1.807) is 10.9 Å². The molecule has 1 amide bonds. The second kappa shape index (κ2) is 9.09. The van der Waals surface area contributed by atoms with Gasteiger partial charge in [-0.1, -0.05) is 59.8 Å². The van der Waals surface area contributed by atoms with Gasteiger partial charge in [-0.05, 0) is 22.8 Å². The molecule has 3 N–H and O–H groups in total. The number of pyridine rings is 1. The van der Waals surface area contributed by atoms with Gasteiger partial charge in [-0.25, -0.2) is 9.67 Å². The maximum atomic E-state index is 11.9. The number of aromatic nitrogens is 4. The van der Waals surface area contributed by atoms with Crippen molar-refractivity contribution in [1.82, 2.24) is 25.3 Å². The maximum Gasteiger partial charge on any atom is 0.322 e. The standard InChI is InChI=1S/C23H19N5O4/c29-20-10-18(11-24-22(20)23(32)25-12-21(30)31)19-14-28(27-26-19)13-15-6-8-17(9-7-15)16-4-2-1-3-5-16/h1-11,14,29H,12-13H2,(H,25,32)(H,30,31). The molecule has 9 heteroatoms. The second-order valence-electron chi connectivity index (χ2n) is 7.03. The highest BCUT2D eigenvalue weighted by Crippen LogP contribution is 2.24. The van der Waals surface area contributed by atoms with Crippen LogP contribution in [-0.4, -0.2) is 48.6 Å². The summed E-state index contributed by atoms with van der Waals surface area (Å²) in [6.07, 6.45) is 3.09. The number of rotatable bonds is 7. The third-order valence-corrected chi connectivity index (χ3v) is 4.72. The molecular weight excluding hydrogens is 410 g/mol. The fraction of sp³-hybridized carbons (Fsp3) is 0.0870. The molecule has 0 aliphatic carbocycles. The summed E-state index contributed by atoms with van der Waals surface area (Å²) in [5.41, 5.74) is 4.01. The Balaban J connectivity index is 1.45. The fourth-order valence-electron chi connectivity index (χ4n) is 3.14. The van der Waals surface area contributed by atoms with Gasteiger partial charge in [0.1, 0.15) is 18.0 Å². The van der Waals surface area contributed by atoms with Crippen LogP contribution in [0.2, 0.25) is 0 Å². The molecule has 0 radical (unpaired) electrons. The van der Waals surface area contributed by atoms with Crippen molar-refractivity contribution in [3.05, 3.63) is 84.3 Å². The average molecular weight is 429 g/mol. The van der Waals surface area contributed by atoms with E-state index in [0.717, 1.165) is 16.7 Å². The van der Waals surface area contributed by atoms with Crippen molar-refractivity contribution in [2.75, 3.05) is 6.54 Å². The minimum Gasteiger partial charge on any atom is -0.505 e. The molecule has 0 bridgehead atoms. The number of carboxylic acid groups (broad SMARTS) is 1. The van der Waals surface area contributed by atoms with Gasteiger partial charge >= 0.3 is 5.97 Å². The predicted octanol–water partition coefficient (Wildman–Crippen LogP) is 2.58. The quantitative estimate of drug-likeness (QED) is 0.412. The van der Waals surface area contributed by atoms with E-state index >= 15 is 0 Å². The number of nitrogens with zero attached hydrogens (tertiary/aromatic N) is 4. The highest BCUT2D eigenvalue weighted by molar-refractivity contribution is 5.96. The second-order valence-corrected chi connectivity index (χ2v) is 7.03. The lowest BCUT2D eigenvalue weighted by atomic mass is 10.0. The van der Waals surface area contributed by atoms with Crippen molar-refractivity contribution in [2.24, 2.45) is 0 Å². The minimum absolute atomic E-state index is 0.263. The highest BCUT2D eigenvalue weighted by atomic mass is 16.4. The van der Waals surface area contributed by atoms with E-state index in [1.165, 1.54) is 12.3 Å². The lowest BCUT2D eigenvalue weighted by Crippen LogP contribution is -2.29. The lowest BCUT2D eigenvalue weighted by molar-refractivity contribution is -0.135. The van der Waals surface area contributed by atoms with Crippen LogP contribution < -0.4 is 5.32 Å². The Bertz CT molecular complexity index is 1250. The third-order valence-electron chi connectivity index (χ3n) is 4.72. The smallest absolute Gasteiger partial charge is 0.322 e. The van der Waals surface area contributed by atoms with Crippen LogP contribution in [-0.2, 0) is 11.3 Å². The Labute approximate surface area is 183 Å². The summed E-state index contributed by atoms with van der Waals surface area (Å²) in [6, 6.07) is 19.6. The zero-order valence-electron chi connectivity index (χ0n) is 16.8. The van der Waals surface area contributed by atoms with Crippen LogP contribution in [0.4, 0.5) is 0 Å². The van der Waals surface area contributed by atoms with E-state index in [9.17, 15) is 14.7 Å². The normalized spacial score (nSPS) is 10.6. The first kappa shape index (κ1) is 20.7. The molecule has 4 aromatic rings. The minimum atomic E-state index is -1.19. The molecule has 0 atom stereocenters. The van der Waals surface area contributed by atoms with Gasteiger partial charge in [-0.15, -0.1) is 5.10 Å². The Morgan fingerprint density at radius 1 is 0.969 bits per heavy atom. The number of carbonyl (C=O) groups excluding carboxylic acids is 1. The zero-order chi connectivity index (χ0) is 22.5. The summed E-state index contributed by atoms with van der Waals surface area (Å²) in [6.45, 7) is -0.0560. The number of nitrogens with one attached hydrogen (secondary N) is 1. The molecule has 0 fully saturated rings. The molecular formula is C23H19N5O4. The molecule has 0 saturated heterocycles. The SMILES string of the molecule is O=C(O)CNC(=O)c1ncc(-c2cn(Cc3ccc(-c4ccccc4)cc3)nn2)cc1O. The summed E-state index contributed by atoms with van der Waals surface area (Å²) >= 11 is 0. The Kier molecular flexibility index (Phi) is 5.89. The van der Waals surface area contributed by atoms with Crippen molar-refractivity contribution < 1.29 is 19.8 Å². The number of carbonyl (C=O) groups is 2. The molecule has 9 nitrogen and oxygen atoms in total. The molecule has 2 aromatic heterocycles. The lowest BCUT2D eigenvalue weighted by Gasteiger charge is -2.05. The molecule has 32 heavy (non-hydrogen) atoms. The molecule has 160 valence electrons. The molecule has 0 unspecified atom stereocenters. The van der Waals surface area contributed by atoms with Crippen molar-refractivity contribution in [3.8, 4) is 28.1 Å². The topological polar surface area (TPSA) is 130 Å². The summed E-state index contributed by atoms with van der Waals surface area (Å²) < 4.78 is 1.66. The summed E-state index contributed by atoms with van der Waals surface area (Å²) in [5.74, 6) is -2.35. The molecule has 0 aliphatic heterocycles. The van der Waals surface area contributed by atoms with E-state index in [4.69, 9.17) is 5.11 Å². The van der Waals surface area contributed by atoms with Gasteiger partial charge in [0.05, 0.1) is 12.7 Å². The van der Waals surface area contributed by atoms with Crippen molar-refractivity contribution in [3.63, 3.8) is 0 Å². The number of carboxylic acids is 1. The Hall–Kier alpha value is -4.53. The highest BCUT2D eigenvalue weighted by Gasteiger charge is 2.16. The van der Waals surface area contributed by atoms with E-state index in [2.05, 4.69) is 44.9 Å². The van der Waals surface area contributed by atoms with Crippen molar-refractivity contribution >= 4 is 11.9 Å². The number of benzene rings is 2. The van der Waals surface area contributed by atoms with E-state index in [0.29, 0.717) is 17.8 Å². The molecule has 0 aliphatic rings. The first-order valence-electron chi connectivity index (χ1n) is 9.73. The number of aliphatic carboxylic acids is 1. The van der Waals surface area contributed by atoms with Gasteiger partial charge in [0.2, 0.25) is 0 Å². The monoisotopic (exact) mass is 429 g/mol. The number of aromatic hydroxyl groups is 1. The van der Waals surface area contributed by atoms with Crippen LogP contribution >= 0.6 is 0 Å². The van der Waals surface area contributed by atoms with Gasteiger partial charge < -0.3 is 15.5 Å². The predicted molar refractivity (Wildman–Crippen MR) is 116 cm³/mol. The van der Waals surface area contributed by atoms with Gasteiger partial charge in [0.15, 0.2) is 5.69 Å². The van der Waals surface area contributed by atoms with E-state index in [1.807, 2.05) is 30.3 Å². The Morgan fingerprint density at radius 2 is 1.69 bits per heavy atom. The van der Waals surface area contributed by atoms with Crippen molar-refractivity contribution in [1.29, 1.82) is 0 Å². The van der Waals surface area contributed by atoms with Crippen LogP contribution in [0.5, 0.6) is 5.75 Å². The van der Waals surface area contributed by atoms with Crippen LogP contribution in [0.25, 0.3) is 22.4 Å². The van der Waals surface area contributed by atoms with Gasteiger partial charge in [0.25, 0.3) is 5.91 Å². The van der Waals surface area contributed by atoms with Crippen LogP contribution in [0.3, 0.4) is 0 Å². The first-order valence-corrected chi connectivity index (χ1v) is 9.73. The summed E-state index contributed by atoms with van der Waals surface area (Å²) in [5, 5.41) is 29.1. The van der Waals surface area contributed by atoms with Crippen LogP contribution in [0.1, 0.15) is 16.1 Å². The largest absolute Gasteiger partial charge is 0.505 e. The summed E-state index contributed by atoms with van der Waals surface area (Å²) in [7, 11) is 0. The van der Waals surface area contributed by atoms with Crippen LogP contribution in [0.15, 0.2) is 73.1 Å². The van der Waals surface area contributed by atoms with Gasteiger partial charge in [-0.3, -0.25) is 9.59 Å². The van der Waals surface area contributed by atoms with E-state index < -0.39 is 18.4 Å². The zero-order valence-corrected chi connectivity index (χ0v) is 16.8. The van der Waals surface area contributed by atoms with Gasteiger partial charge in [0, 0.05) is 11.8 Å². The van der Waals surface area contributed by atoms with Crippen molar-refractivity contribution in [2.45, 2.75) is 6.54 Å². The number of hydrogen-bond acceptors (Lipinski definition) is 6. The number of hydrogen-bond donors (Lipinski definition) is 3. The Morgan fingerprint density at radius 3 is 2.38 bits per heavy atom. The number of amides is 1. The molecule has 4 rings (SSSR count). The molecule has 0 saturated carbocycles. The molecule has 2 aromatic carbocycles. The first-order chi connectivity index (χ1) is 15.5. The maximum absolute atomic E-state index is 11.9. The fourth-order valence-corrected chi connectivity index (χ4v) is 3.14. The molecule has 0 spiro atoms. The van der Waals surface area contributed by atoms with E-state index in [-0.39, 0.29) is 11.4 Å². The molecule has 2 heterocycles.